The Morgan fingerprint density at radius 2 is 1.43 bits per heavy atom. The molecule has 122 valence electrons. The average molecular weight is 309 g/mol. The van der Waals surface area contributed by atoms with Crippen LogP contribution in [-0.2, 0) is 11.8 Å². The van der Waals surface area contributed by atoms with E-state index in [0.717, 1.165) is 6.42 Å². The minimum atomic E-state index is -0.291. The summed E-state index contributed by atoms with van der Waals surface area (Å²) in [5.41, 5.74) is 2.97. The molecule has 0 saturated heterocycles. The first-order chi connectivity index (χ1) is 10.7. The highest BCUT2D eigenvalue weighted by Gasteiger charge is 2.22. The summed E-state index contributed by atoms with van der Waals surface area (Å²) < 4.78 is 0. The molecule has 0 aliphatic heterocycles. The zero-order valence-electron chi connectivity index (χ0n) is 14.8. The Bertz CT molecular complexity index is 648. The van der Waals surface area contributed by atoms with Crippen molar-refractivity contribution < 1.29 is 4.79 Å². The van der Waals surface area contributed by atoms with Crippen molar-refractivity contribution in [2.45, 2.75) is 52.0 Å². The van der Waals surface area contributed by atoms with Crippen molar-refractivity contribution in [3.63, 3.8) is 0 Å². The van der Waals surface area contributed by atoms with Crippen molar-refractivity contribution in [3.05, 3.63) is 71.3 Å². The second kappa shape index (κ2) is 6.57. The Morgan fingerprint density at radius 1 is 0.870 bits per heavy atom. The highest BCUT2D eigenvalue weighted by atomic mass is 16.1. The number of carbonyl (C=O) groups is 1. The molecular weight excluding hydrogens is 282 g/mol. The van der Waals surface area contributed by atoms with Crippen LogP contribution < -0.4 is 5.32 Å². The van der Waals surface area contributed by atoms with E-state index in [1.54, 1.807) is 0 Å². The zero-order chi connectivity index (χ0) is 17.1. The SMILES string of the molecule is CC(C)(Cc1ccccc1)NC(=O)c1ccc(C(C)(C)C)cc1. The van der Waals surface area contributed by atoms with E-state index in [1.165, 1.54) is 11.1 Å². The third-order valence-electron chi connectivity index (χ3n) is 3.95. The fourth-order valence-electron chi connectivity index (χ4n) is 2.65. The molecule has 2 heteroatoms. The van der Waals surface area contributed by atoms with E-state index in [1.807, 2.05) is 42.5 Å². The molecule has 0 aromatic heterocycles. The van der Waals surface area contributed by atoms with E-state index in [4.69, 9.17) is 0 Å². The highest BCUT2D eigenvalue weighted by molar-refractivity contribution is 5.94. The molecule has 0 spiro atoms. The third kappa shape index (κ3) is 4.95. The van der Waals surface area contributed by atoms with Crippen molar-refractivity contribution in [2.24, 2.45) is 0 Å². The minimum Gasteiger partial charge on any atom is -0.347 e. The zero-order valence-corrected chi connectivity index (χ0v) is 14.8. The fourth-order valence-corrected chi connectivity index (χ4v) is 2.65. The largest absolute Gasteiger partial charge is 0.347 e. The van der Waals surface area contributed by atoms with Crippen molar-refractivity contribution in [3.8, 4) is 0 Å². The predicted molar refractivity (Wildman–Crippen MR) is 96.8 cm³/mol. The number of hydrogen-bond acceptors (Lipinski definition) is 1. The van der Waals surface area contributed by atoms with Gasteiger partial charge in [0, 0.05) is 11.1 Å². The molecule has 1 amide bonds. The van der Waals surface area contributed by atoms with E-state index in [2.05, 4.69) is 52.1 Å². The summed E-state index contributed by atoms with van der Waals surface area (Å²) in [5.74, 6) is -0.0219. The lowest BCUT2D eigenvalue weighted by atomic mass is 9.86. The van der Waals surface area contributed by atoms with Crippen LogP contribution in [0.2, 0.25) is 0 Å². The maximum absolute atomic E-state index is 12.5. The summed E-state index contributed by atoms with van der Waals surface area (Å²) in [6.07, 6.45) is 0.805. The van der Waals surface area contributed by atoms with Crippen LogP contribution in [0.4, 0.5) is 0 Å². The van der Waals surface area contributed by atoms with Crippen molar-refractivity contribution in [1.29, 1.82) is 0 Å². The molecule has 0 aliphatic rings. The molecule has 0 heterocycles. The fraction of sp³-hybridized carbons (Fsp3) is 0.381. The van der Waals surface area contributed by atoms with Gasteiger partial charge >= 0.3 is 0 Å². The molecule has 0 fully saturated rings. The van der Waals surface area contributed by atoms with E-state index >= 15 is 0 Å². The topological polar surface area (TPSA) is 29.1 Å². The maximum atomic E-state index is 12.5. The lowest BCUT2D eigenvalue weighted by Crippen LogP contribution is -2.45. The molecule has 0 atom stereocenters. The molecule has 2 aromatic rings. The molecule has 0 bridgehead atoms. The molecule has 1 N–H and O–H groups in total. The number of carbonyl (C=O) groups excluding carboxylic acids is 1. The summed E-state index contributed by atoms with van der Waals surface area (Å²) >= 11 is 0. The van der Waals surface area contributed by atoms with Crippen LogP contribution in [0.3, 0.4) is 0 Å². The van der Waals surface area contributed by atoms with Gasteiger partial charge in [-0.05, 0) is 48.9 Å². The van der Waals surface area contributed by atoms with Gasteiger partial charge in [-0.25, -0.2) is 0 Å². The lowest BCUT2D eigenvalue weighted by molar-refractivity contribution is 0.0913. The summed E-state index contributed by atoms with van der Waals surface area (Å²) in [7, 11) is 0. The Hall–Kier alpha value is -2.09. The third-order valence-corrected chi connectivity index (χ3v) is 3.95. The Kier molecular flexibility index (Phi) is 4.93. The standard InChI is InChI=1S/C21H27NO/c1-20(2,3)18-13-11-17(12-14-18)19(23)22-21(4,5)15-16-9-7-6-8-10-16/h6-14H,15H2,1-5H3,(H,22,23). The van der Waals surface area contributed by atoms with Crippen LogP contribution in [0.15, 0.2) is 54.6 Å². The van der Waals surface area contributed by atoms with E-state index in [0.29, 0.717) is 5.56 Å². The number of nitrogens with one attached hydrogen (secondary N) is 1. The summed E-state index contributed by atoms with van der Waals surface area (Å²) in [6.45, 7) is 10.6. The highest BCUT2D eigenvalue weighted by Crippen LogP contribution is 2.22. The van der Waals surface area contributed by atoms with Gasteiger partial charge in [0.1, 0.15) is 0 Å². The maximum Gasteiger partial charge on any atom is 0.251 e. The van der Waals surface area contributed by atoms with Crippen LogP contribution in [0.25, 0.3) is 0 Å². The van der Waals surface area contributed by atoms with Crippen LogP contribution in [0.1, 0.15) is 56.1 Å². The van der Waals surface area contributed by atoms with Gasteiger partial charge in [-0.2, -0.15) is 0 Å². The normalized spacial score (nSPS) is 12.0. The Balaban J connectivity index is 2.06. The minimum absolute atomic E-state index is 0.0219. The van der Waals surface area contributed by atoms with E-state index in [9.17, 15) is 4.79 Å². The molecule has 2 aromatic carbocycles. The number of amides is 1. The molecule has 2 rings (SSSR count). The second-order valence-corrected chi connectivity index (χ2v) is 7.83. The molecule has 2 nitrogen and oxygen atoms in total. The van der Waals surface area contributed by atoms with Gasteiger partial charge < -0.3 is 5.32 Å². The molecule has 0 radical (unpaired) electrons. The van der Waals surface area contributed by atoms with Gasteiger partial charge in [-0.1, -0.05) is 63.2 Å². The van der Waals surface area contributed by atoms with Gasteiger partial charge in [0.05, 0.1) is 0 Å². The van der Waals surface area contributed by atoms with E-state index < -0.39 is 0 Å². The first-order valence-corrected chi connectivity index (χ1v) is 8.14. The van der Waals surface area contributed by atoms with Crippen molar-refractivity contribution in [2.75, 3.05) is 0 Å². The smallest absolute Gasteiger partial charge is 0.251 e. The molecule has 0 unspecified atom stereocenters. The first-order valence-electron chi connectivity index (χ1n) is 8.14. The van der Waals surface area contributed by atoms with Crippen molar-refractivity contribution in [1.82, 2.24) is 5.32 Å². The van der Waals surface area contributed by atoms with Crippen LogP contribution in [-0.4, -0.2) is 11.4 Å². The van der Waals surface area contributed by atoms with Crippen LogP contribution >= 0.6 is 0 Å². The lowest BCUT2D eigenvalue weighted by Gasteiger charge is -2.27. The molecule has 23 heavy (non-hydrogen) atoms. The van der Waals surface area contributed by atoms with Gasteiger partial charge in [-0.15, -0.1) is 0 Å². The second-order valence-electron chi connectivity index (χ2n) is 7.83. The number of rotatable bonds is 4. The number of benzene rings is 2. The first kappa shape index (κ1) is 17.3. The van der Waals surface area contributed by atoms with Gasteiger partial charge in [0.15, 0.2) is 0 Å². The quantitative estimate of drug-likeness (QED) is 0.868. The van der Waals surface area contributed by atoms with Gasteiger partial charge in [0.25, 0.3) is 5.91 Å². The van der Waals surface area contributed by atoms with Crippen molar-refractivity contribution >= 4 is 5.91 Å². The summed E-state index contributed by atoms with van der Waals surface area (Å²) in [4.78, 5) is 12.5. The molecular formula is C21H27NO. The van der Waals surface area contributed by atoms with Crippen LogP contribution in [0.5, 0.6) is 0 Å². The van der Waals surface area contributed by atoms with Gasteiger partial charge in [0.2, 0.25) is 0 Å². The summed E-state index contributed by atoms with van der Waals surface area (Å²) in [5, 5.41) is 3.14. The summed E-state index contributed by atoms with van der Waals surface area (Å²) in [6, 6.07) is 18.1. The molecule has 0 saturated carbocycles. The molecule has 0 aliphatic carbocycles. The number of hydrogen-bond donors (Lipinski definition) is 1. The monoisotopic (exact) mass is 309 g/mol. The van der Waals surface area contributed by atoms with Crippen LogP contribution in [0, 0.1) is 0 Å². The Morgan fingerprint density at radius 3 is 1.96 bits per heavy atom. The Labute approximate surface area is 139 Å². The van der Waals surface area contributed by atoms with E-state index in [-0.39, 0.29) is 16.9 Å². The predicted octanol–water partition coefficient (Wildman–Crippen LogP) is 4.74. The van der Waals surface area contributed by atoms with Gasteiger partial charge in [-0.3, -0.25) is 4.79 Å². The average Bonchev–Trinajstić information content (AvgIpc) is 2.46.